The number of carboxylic acid groups (broad SMARTS) is 1. The van der Waals surface area contributed by atoms with E-state index in [2.05, 4.69) is 22.3 Å². The van der Waals surface area contributed by atoms with E-state index in [-0.39, 0.29) is 18.4 Å². The van der Waals surface area contributed by atoms with Crippen LogP contribution in [0.5, 0.6) is 0 Å². The van der Waals surface area contributed by atoms with Gasteiger partial charge in [0, 0.05) is 31.2 Å². The van der Waals surface area contributed by atoms with Crippen LogP contribution >= 0.6 is 0 Å². The van der Waals surface area contributed by atoms with E-state index in [1.165, 1.54) is 0 Å². The Hall–Kier alpha value is -2.04. The number of rotatable bonds is 5. The van der Waals surface area contributed by atoms with Gasteiger partial charge in [0.15, 0.2) is 0 Å². The van der Waals surface area contributed by atoms with Crippen molar-refractivity contribution in [2.75, 3.05) is 18.0 Å². The quantitative estimate of drug-likeness (QED) is 0.868. The van der Waals surface area contributed by atoms with Crippen molar-refractivity contribution in [2.24, 2.45) is 5.41 Å². The highest BCUT2D eigenvalue weighted by atomic mass is 16.4. The third-order valence-electron chi connectivity index (χ3n) is 3.86. The molecule has 0 saturated carbocycles. The van der Waals surface area contributed by atoms with Crippen LogP contribution in [-0.4, -0.2) is 36.1 Å². The molecule has 0 radical (unpaired) electrons. The van der Waals surface area contributed by atoms with Crippen molar-refractivity contribution < 1.29 is 14.7 Å². The molecule has 1 saturated heterocycles. The number of amides is 1. The van der Waals surface area contributed by atoms with Gasteiger partial charge < -0.3 is 15.3 Å². The van der Waals surface area contributed by atoms with Gasteiger partial charge in [-0.15, -0.1) is 0 Å². The van der Waals surface area contributed by atoms with E-state index >= 15 is 0 Å². The van der Waals surface area contributed by atoms with Gasteiger partial charge in [0.1, 0.15) is 0 Å². The topological polar surface area (TPSA) is 69.6 Å². The number of nitrogens with one attached hydrogen (secondary N) is 1. The summed E-state index contributed by atoms with van der Waals surface area (Å²) in [6.45, 7) is 4.81. The van der Waals surface area contributed by atoms with Crippen LogP contribution in [-0.2, 0) is 9.59 Å². The SMILES string of the molecule is CC(C)(CC(=O)NC1CCN(c2ccccc2)C1)C(=O)O. The number of hydrogen-bond acceptors (Lipinski definition) is 3. The molecule has 1 aliphatic rings. The maximum Gasteiger partial charge on any atom is 0.309 e. The molecular formula is C16H22N2O3. The maximum absolute atomic E-state index is 12.0. The Kier molecular flexibility index (Phi) is 4.50. The molecule has 1 unspecified atom stereocenters. The Bertz CT molecular complexity index is 514. The number of benzene rings is 1. The van der Waals surface area contributed by atoms with Gasteiger partial charge in [-0.3, -0.25) is 9.59 Å². The largest absolute Gasteiger partial charge is 0.481 e. The summed E-state index contributed by atoms with van der Waals surface area (Å²) in [4.78, 5) is 25.2. The van der Waals surface area contributed by atoms with E-state index in [1.807, 2.05) is 18.2 Å². The summed E-state index contributed by atoms with van der Waals surface area (Å²) in [7, 11) is 0. The Labute approximate surface area is 125 Å². The van der Waals surface area contributed by atoms with E-state index < -0.39 is 11.4 Å². The van der Waals surface area contributed by atoms with Crippen LogP contribution in [0.4, 0.5) is 5.69 Å². The third kappa shape index (κ3) is 3.97. The summed E-state index contributed by atoms with van der Waals surface area (Å²) in [5.74, 6) is -1.14. The molecule has 5 heteroatoms. The zero-order chi connectivity index (χ0) is 15.5. The lowest BCUT2D eigenvalue weighted by Gasteiger charge is -2.21. The van der Waals surface area contributed by atoms with Gasteiger partial charge in [-0.2, -0.15) is 0 Å². The van der Waals surface area contributed by atoms with Crippen molar-refractivity contribution in [1.82, 2.24) is 5.32 Å². The zero-order valence-electron chi connectivity index (χ0n) is 12.5. The van der Waals surface area contributed by atoms with Crippen LogP contribution in [0.25, 0.3) is 0 Å². The summed E-state index contributed by atoms with van der Waals surface area (Å²) in [5, 5.41) is 12.0. The Balaban J connectivity index is 1.86. The number of anilines is 1. The van der Waals surface area contributed by atoms with Crippen molar-refractivity contribution in [2.45, 2.75) is 32.7 Å². The average molecular weight is 290 g/mol. The summed E-state index contributed by atoms with van der Waals surface area (Å²) in [6.07, 6.45) is 0.887. The number of aliphatic carboxylic acids is 1. The highest BCUT2D eigenvalue weighted by molar-refractivity contribution is 5.84. The maximum atomic E-state index is 12.0. The van der Waals surface area contributed by atoms with E-state index in [9.17, 15) is 9.59 Å². The molecule has 2 N–H and O–H groups in total. The molecule has 1 amide bonds. The van der Waals surface area contributed by atoms with Gasteiger partial charge >= 0.3 is 5.97 Å². The number of carbonyl (C=O) groups excluding carboxylic acids is 1. The fraction of sp³-hybridized carbons (Fsp3) is 0.500. The minimum Gasteiger partial charge on any atom is -0.481 e. The predicted octanol–water partition coefficient (Wildman–Crippen LogP) is 1.88. The fourth-order valence-corrected chi connectivity index (χ4v) is 2.51. The normalized spacial score (nSPS) is 18.6. The van der Waals surface area contributed by atoms with Crippen LogP contribution in [0, 0.1) is 5.41 Å². The second-order valence-electron chi connectivity index (χ2n) is 6.20. The fourth-order valence-electron chi connectivity index (χ4n) is 2.51. The Morgan fingerprint density at radius 1 is 1.33 bits per heavy atom. The van der Waals surface area contributed by atoms with E-state index in [0.717, 1.165) is 25.2 Å². The average Bonchev–Trinajstić information content (AvgIpc) is 2.87. The molecule has 1 heterocycles. The van der Waals surface area contributed by atoms with Gasteiger partial charge in [0.25, 0.3) is 0 Å². The molecule has 1 aromatic carbocycles. The van der Waals surface area contributed by atoms with Crippen molar-refractivity contribution in [3.8, 4) is 0 Å². The number of para-hydroxylation sites is 1. The van der Waals surface area contributed by atoms with Crippen LogP contribution in [0.3, 0.4) is 0 Å². The first-order valence-electron chi connectivity index (χ1n) is 7.21. The van der Waals surface area contributed by atoms with Crippen molar-refractivity contribution in [3.63, 3.8) is 0 Å². The monoisotopic (exact) mass is 290 g/mol. The molecule has 2 rings (SSSR count). The summed E-state index contributed by atoms with van der Waals surface area (Å²) < 4.78 is 0. The van der Waals surface area contributed by atoms with E-state index in [0.29, 0.717) is 0 Å². The summed E-state index contributed by atoms with van der Waals surface area (Å²) in [6, 6.07) is 10.2. The predicted molar refractivity (Wildman–Crippen MR) is 81.2 cm³/mol. The number of nitrogens with zero attached hydrogens (tertiary/aromatic N) is 1. The first-order valence-corrected chi connectivity index (χ1v) is 7.21. The molecule has 1 aromatic rings. The number of carbonyl (C=O) groups is 2. The smallest absolute Gasteiger partial charge is 0.309 e. The first-order chi connectivity index (χ1) is 9.88. The van der Waals surface area contributed by atoms with Crippen LogP contribution in [0.1, 0.15) is 26.7 Å². The molecule has 5 nitrogen and oxygen atoms in total. The number of carboxylic acids is 1. The standard InChI is InChI=1S/C16H22N2O3/c1-16(2,15(20)21)10-14(19)17-12-8-9-18(11-12)13-6-4-3-5-7-13/h3-7,12H,8-11H2,1-2H3,(H,17,19)(H,20,21). The molecule has 1 atom stereocenters. The lowest BCUT2D eigenvalue weighted by atomic mass is 9.89. The van der Waals surface area contributed by atoms with Gasteiger partial charge in [0.2, 0.25) is 5.91 Å². The third-order valence-corrected chi connectivity index (χ3v) is 3.86. The van der Waals surface area contributed by atoms with Crippen molar-refractivity contribution in [3.05, 3.63) is 30.3 Å². The van der Waals surface area contributed by atoms with Gasteiger partial charge in [-0.05, 0) is 32.4 Å². The van der Waals surface area contributed by atoms with Crippen LogP contribution < -0.4 is 10.2 Å². The lowest BCUT2D eigenvalue weighted by Crippen LogP contribution is -2.40. The molecular weight excluding hydrogens is 268 g/mol. The molecule has 0 aromatic heterocycles. The van der Waals surface area contributed by atoms with Gasteiger partial charge in [0.05, 0.1) is 5.41 Å². The first kappa shape index (κ1) is 15.4. The Morgan fingerprint density at radius 3 is 2.62 bits per heavy atom. The molecule has 0 spiro atoms. The number of hydrogen-bond donors (Lipinski definition) is 2. The van der Waals surface area contributed by atoms with Crippen LogP contribution in [0.2, 0.25) is 0 Å². The molecule has 1 fully saturated rings. The highest BCUT2D eigenvalue weighted by Crippen LogP contribution is 2.22. The molecule has 1 aliphatic heterocycles. The minimum atomic E-state index is -1.03. The molecule has 0 bridgehead atoms. The summed E-state index contributed by atoms with van der Waals surface area (Å²) >= 11 is 0. The van der Waals surface area contributed by atoms with Crippen molar-refractivity contribution in [1.29, 1.82) is 0 Å². The molecule has 114 valence electrons. The zero-order valence-corrected chi connectivity index (χ0v) is 12.5. The minimum absolute atomic E-state index is 0.00414. The Morgan fingerprint density at radius 2 is 2.00 bits per heavy atom. The lowest BCUT2D eigenvalue weighted by molar-refractivity contribution is -0.149. The van der Waals surface area contributed by atoms with E-state index in [1.54, 1.807) is 13.8 Å². The summed E-state index contributed by atoms with van der Waals surface area (Å²) in [5.41, 5.74) is 0.127. The second-order valence-corrected chi connectivity index (χ2v) is 6.20. The van der Waals surface area contributed by atoms with Gasteiger partial charge in [-0.1, -0.05) is 18.2 Å². The molecule has 21 heavy (non-hydrogen) atoms. The molecule has 0 aliphatic carbocycles. The van der Waals surface area contributed by atoms with E-state index in [4.69, 9.17) is 5.11 Å². The van der Waals surface area contributed by atoms with Crippen LogP contribution in [0.15, 0.2) is 30.3 Å². The van der Waals surface area contributed by atoms with Gasteiger partial charge in [-0.25, -0.2) is 0 Å². The second kappa shape index (κ2) is 6.16. The van der Waals surface area contributed by atoms with Crippen molar-refractivity contribution >= 4 is 17.6 Å². The highest BCUT2D eigenvalue weighted by Gasteiger charge is 2.32.